The Hall–Kier alpha value is -3.00. The average Bonchev–Trinajstić information content (AvgIpc) is 3.27. The van der Waals surface area contributed by atoms with Gasteiger partial charge in [-0.1, -0.05) is 126 Å². The summed E-state index contributed by atoms with van der Waals surface area (Å²) in [6, 6.07) is 18.5. The number of hydrogen-bond donors (Lipinski definition) is 0. The van der Waals surface area contributed by atoms with Gasteiger partial charge in [-0.25, -0.2) is 0 Å². The first kappa shape index (κ1) is 31.4. The lowest BCUT2D eigenvalue weighted by molar-refractivity contribution is 0.289. The highest BCUT2D eigenvalue weighted by atomic mass is 16.5. The van der Waals surface area contributed by atoms with Crippen LogP contribution in [0.2, 0.25) is 0 Å². The summed E-state index contributed by atoms with van der Waals surface area (Å²) in [6.45, 7) is 10.6. The van der Waals surface area contributed by atoms with Crippen LogP contribution in [0.5, 0.6) is 11.5 Å². The smallest absolute Gasteiger partial charge is 0.123 e. The van der Waals surface area contributed by atoms with Crippen molar-refractivity contribution in [2.45, 2.75) is 123 Å². The minimum Gasteiger partial charge on any atom is -0.493 e. The fourth-order valence-corrected chi connectivity index (χ4v) is 7.34. The van der Waals surface area contributed by atoms with Crippen LogP contribution >= 0.6 is 0 Å². The number of fused-ring (bicyclic) bond motifs is 3. The molecule has 0 N–H and O–H groups in total. The van der Waals surface area contributed by atoms with Crippen molar-refractivity contribution in [1.29, 1.82) is 0 Å². The van der Waals surface area contributed by atoms with E-state index in [1.165, 1.54) is 109 Å². The van der Waals surface area contributed by atoms with Crippen LogP contribution in [0.4, 0.5) is 0 Å². The normalized spacial score (nSPS) is 16.3. The molecule has 0 radical (unpaired) electrons. The van der Waals surface area contributed by atoms with Gasteiger partial charge < -0.3 is 9.47 Å². The molecule has 5 rings (SSSR count). The van der Waals surface area contributed by atoms with Crippen LogP contribution in [0.25, 0.3) is 17.2 Å². The Morgan fingerprint density at radius 1 is 0.651 bits per heavy atom. The maximum atomic E-state index is 6.42. The van der Waals surface area contributed by atoms with Crippen molar-refractivity contribution >= 4 is 6.08 Å². The predicted molar refractivity (Wildman–Crippen MR) is 184 cm³/mol. The standard InChI is InChI=1S/C41H54O2/c1-5-7-9-11-13-15-24-42-34-27-33(28-35(29-34)43-25-16-14-12-10-8-6-2)30-41-23-17-18-36-32(4)20-22-38(40(36)41)37-21-19-31(3)26-39(37)41/h17-22,26-29H,5-16,23-25,30H2,1-4H3. The summed E-state index contributed by atoms with van der Waals surface area (Å²) in [7, 11) is 0. The molecule has 2 nitrogen and oxygen atoms in total. The summed E-state index contributed by atoms with van der Waals surface area (Å²) < 4.78 is 12.8. The molecule has 230 valence electrons. The molecule has 0 amide bonds. The van der Waals surface area contributed by atoms with Crippen molar-refractivity contribution in [3.05, 3.63) is 88.0 Å². The van der Waals surface area contributed by atoms with E-state index in [-0.39, 0.29) is 5.41 Å². The number of benzene rings is 3. The molecule has 0 saturated carbocycles. The highest BCUT2D eigenvalue weighted by Gasteiger charge is 2.45. The second kappa shape index (κ2) is 15.1. The Morgan fingerprint density at radius 3 is 1.91 bits per heavy atom. The number of unbranched alkanes of at least 4 members (excludes halogenated alkanes) is 10. The van der Waals surface area contributed by atoms with Crippen molar-refractivity contribution in [1.82, 2.24) is 0 Å². The molecule has 0 aromatic heterocycles. The third-order valence-corrected chi connectivity index (χ3v) is 9.65. The maximum absolute atomic E-state index is 6.42. The minimum absolute atomic E-state index is 0.0682. The molecule has 0 heterocycles. The van der Waals surface area contributed by atoms with Gasteiger partial charge >= 0.3 is 0 Å². The van der Waals surface area contributed by atoms with Gasteiger partial charge in [-0.2, -0.15) is 0 Å². The summed E-state index contributed by atoms with van der Waals surface area (Å²) in [5, 5.41) is 0. The molecule has 1 atom stereocenters. The van der Waals surface area contributed by atoms with E-state index in [0.717, 1.165) is 50.4 Å². The molecule has 0 bridgehead atoms. The van der Waals surface area contributed by atoms with E-state index >= 15 is 0 Å². The predicted octanol–water partition coefficient (Wildman–Crippen LogP) is 11.7. The molecule has 1 unspecified atom stereocenters. The second-order valence-corrected chi connectivity index (χ2v) is 13.2. The van der Waals surface area contributed by atoms with Gasteiger partial charge in [0, 0.05) is 11.5 Å². The Bertz CT molecular complexity index is 1350. The zero-order valence-corrected chi connectivity index (χ0v) is 27.4. The van der Waals surface area contributed by atoms with E-state index in [2.05, 4.69) is 88.4 Å². The molecule has 2 heteroatoms. The third kappa shape index (κ3) is 7.39. The van der Waals surface area contributed by atoms with Gasteiger partial charge in [0.25, 0.3) is 0 Å². The molecule has 2 aliphatic rings. The molecule has 0 saturated heterocycles. The van der Waals surface area contributed by atoms with Crippen LogP contribution in [0, 0.1) is 13.8 Å². The number of aryl methyl sites for hydroxylation is 2. The lowest BCUT2D eigenvalue weighted by atomic mass is 9.67. The number of hydrogen-bond acceptors (Lipinski definition) is 2. The van der Waals surface area contributed by atoms with Gasteiger partial charge in [0.05, 0.1) is 13.2 Å². The minimum atomic E-state index is -0.0682. The zero-order chi connectivity index (χ0) is 30.1. The first-order valence-electron chi connectivity index (χ1n) is 17.4. The van der Waals surface area contributed by atoms with Crippen molar-refractivity contribution in [2.75, 3.05) is 13.2 Å². The second-order valence-electron chi connectivity index (χ2n) is 13.2. The Morgan fingerprint density at radius 2 is 1.26 bits per heavy atom. The first-order valence-corrected chi connectivity index (χ1v) is 17.4. The topological polar surface area (TPSA) is 18.5 Å². The molecular weight excluding hydrogens is 524 g/mol. The number of allylic oxidation sites excluding steroid dienone is 1. The third-order valence-electron chi connectivity index (χ3n) is 9.65. The molecule has 0 fully saturated rings. The fraction of sp³-hybridized carbons (Fsp3) is 0.512. The quantitative estimate of drug-likeness (QED) is 0.140. The van der Waals surface area contributed by atoms with Crippen molar-refractivity contribution in [2.24, 2.45) is 0 Å². The lowest BCUT2D eigenvalue weighted by Crippen LogP contribution is -2.30. The number of ether oxygens (including phenoxy) is 2. The highest BCUT2D eigenvalue weighted by molar-refractivity contribution is 5.87. The molecule has 3 aromatic rings. The van der Waals surface area contributed by atoms with Crippen LogP contribution in [-0.4, -0.2) is 13.2 Å². The Kier molecular flexibility index (Phi) is 11.1. The van der Waals surface area contributed by atoms with Crippen LogP contribution in [-0.2, 0) is 11.8 Å². The van der Waals surface area contributed by atoms with Crippen molar-refractivity contribution in [3.8, 4) is 22.6 Å². The summed E-state index contributed by atoms with van der Waals surface area (Å²) in [4.78, 5) is 0. The van der Waals surface area contributed by atoms with E-state index in [9.17, 15) is 0 Å². The first-order chi connectivity index (χ1) is 21.1. The number of rotatable bonds is 18. The van der Waals surface area contributed by atoms with Gasteiger partial charge in [-0.15, -0.1) is 0 Å². The summed E-state index contributed by atoms with van der Waals surface area (Å²) in [6.07, 6.45) is 22.0. The summed E-state index contributed by atoms with van der Waals surface area (Å²) in [5.41, 5.74) is 11.2. The van der Waals surface area contributed by atoms with Crippen molar-refractivity contribution < 1.29 is 9.47 Å². The summed E-state index contributed by atoms with van der Waals surface area (Å²) in [5.74, 6) is 1.91. The molecule has 3 aromatic carbocycles. The molecular formula is C41H54O2. The van der Waals surface area contributed by atoms with Crippen molar-refractivity contribution in [3.63, 3.8) is 0 Å². The average molecular weight is 579 g/mol. The highest BCUT2D eigenvalue weighted by Crippen LogP contribution is 2.56. The van der Waals surface area contributed by atoms with Crippen LogP contribution < -0.4 is 9.47 Å². The Labute approximate surface area is 261 Å². The Balaban J connectivity index is 1.39. The van der Waals surface area contributed by atoms with E-state index < -0.39 is 0 Å². The van der Waals surface area contributed by atoms with E-state index in [0.29, 0.717) is 0 Å². The van der Waals surface area contributed by atoms with E-state index in [1.54, 1.807) is 0 Å². The van der Waals surface area contributed by atoms with Crippen LogP contribution in [0.1, 0.15) is 131 Å². The largest absolute Gasteiger partial charge is 0.493 e. The fourth-order valence-electron chi connectivity index (χ4n) is 7.34. The molecule has 2 aliphatic carbocycles. The monoisotopic (exact) mass is 578 g/mol. The zero-order valence-electron chi connectivity index (χ0n) is 27.4. The maximum Gasteiger partial charge on any atom is 0.123 e. The SMILES string of the molecule is CCCCCCCCOc1cc(CC23CC=Cc4c(C)ccc(c42)-c2ccc(C)cc23)cc(OCCCCCCCC)c1. The van der Waals surface area contributed by atoms with Gasteiger partial charge in [0.2, 0.25) is 0 Å². The van der Waals surface area contributed by atoms with Gasteiger partial charge in [-0.05, 0) is 90.6 Å². The molecule has 0 aliphatic heterocycles. The molecule has 0 spiro atoms. The lowest BCUT2D eigenvalue weighted by Gasteiger charge is -2.36. The summed E-state index contributed by atoms with van der Waals surface area (Å²) >= 11 is 0. The van der Waals surface area contributed by atoms with Gasteiger partial charge in [-0.3, -0.25) is 0 Å². The van der Waals surface area contributed by atoms with E-state index in [1.807, 2.05) is 0 Å². The molecule has 43 heavy (non-hydrogen) atoms. The van der Waals surface area contributed by atoms with Crippen LogP contribution in [0.3, 0.4) is 0 Å². The van der Waals surface area contributed by atoms with Gasteiger partial charge in [0.15, 0.2) is 0 Å². The van der Waals surface area contributed by atoms with Gasteiger partial charge in [0.1, 0.15) is 11.5 Å². The van der Waals surface area contributed by atoms with Crippen LogP contribution in [0.15, 0.2) is 54.6 Å². The van der Waals surface area contributed by atoms with E-state index in [4.69, 9.17) is 9.47 Å².